The second kappa shape index (κ2) is 67.8. The van der Waals surface area contributed by atoms with Gasteiger partial charge in [-0.2, -0.15) is 0 Å². The lowest BCUT2D eigenvalue weighted by Gasteiger charge is -2.24. The van der Waals surface area contributed by atoms with Gasteiger partial charge in [0.15, 0.2) is 6.10 Å². The fourth-order valence-electron chi connectivity index (χ4n) is 10.0. The zero-order chi connectivity index (χ0) is 64.1. The molecule has 2 atom stereocenters. The molecule has 2 unspecified atom stereocenters. The molecular formula is C78H137NO8P+. The van der Waals surface area contributed by atoms with E-state index in [1.165, 1.54) is 173 Å². The van der Waals surface area contributed by atoms with Crippen LogP contribution in [0.5, 0.6) is 0 Å². The van der Waals surface area contributed by atoms with Gasteiger partial charge in [-0.3, -0.25) is 18.6 Å². The number of likely N-dealkylation sites (N-methyl/N-ethyl adjacent to an activating group) is 1. The average Bonchev–Trinajstić information content (AvgIpc) is 3.56. The Kier molecular flexibility index (Phi) is 65.0. The minimum absolute atomic E-state index is 0.0286. The highest BCUT2D eigenvalue weighted by Crippen LogP contribution is 2.43. The second-order valence-electron chi connectivity index (χ2n) is 25.2. The Morgan fingerprint density at radius 3 is 0.909 bits per heavy atom. The molecule has 0 spiro atoms. The molecule has 0 heterocycles. The van der Waals surface area contributed by atoms with Crippen molar-refractivity contribution in [3.05, 3.63) is 122 Å². The van der Waals surface area contributed by atoms with Crippen molar-refractivity contribution in [1.82, 2.24) is 0 Å². The van der Waals surface area contributed by atoms with Gasteiger partial charge in [-0.1, -0.05) is 315 Å². The summed E-state index contributed by atoms with van der Waals surface area (Å²) in [5.41, 5.74) is 0. The topological polar surface area (TPSA) is 108 Å². The normalized spacial score (nSPS) is 13.8. The van der Waals surface area contributed by atoms with Crippen LogP contribution >= 0.6 is 7.82 Å². The van der Waals surface area contributed by atoms with E-state index in [0.29, 0.717) is 17.4 Å². The zero-order valence-corrected chi connectivity index (χ0v) is 58.6. The van der Waals surface area contributed by atoms with Crippen LogP contribution in [0, 0.1) is 0 Å². The maximum absolute atomic E-state index is 12.9. The van der Waals surface area contributed by atoms with Gasteiger partial charge in [-0.15, -0.1) is 0 Å². The van der Waals surface area contributed by atoms with E-state index in [-0.39, 0.29) is 32.0 Å². The summed E-state index contributed by atoms with van der Waals surface area (Å²) in [6, 6.07) is 0. The maximum Gasteiger partial charge on any atom is 0.472 e. The van der Waals surface area contributed by atoms with Crippen molar-refractivity contribution in [1.29, 1.82) is 0 Å². The quantitative estimate of drug-likeness (QED) is 0.0211. The number of quaternary nitrogens is 1. The first-order valence-corrected chi connectivity index (χ1v) is 37.8. The molecule has 0 aromatic heterocycles. The molecule has 506 valence electrons. The molecule has 0 aliphatic heterocycles. The number of carbonyl (C=O) groups is 2. The van der Waals surface area contributed by atoms with Gasteiger partial charge < -0.3 is 18.9 Å². The Morgan fingerprint density at radius 2 is 0.614 bits per heavy atom. The molecule has 0 rings (SSSR count). The Bertz CT molecular complexity index is 1900. The van der Waals surface area contributed by atoms with Crippen molar-refractivity contribution in [3.63, 3.8) is 0 Å². The molecular weight excluding hydrogens is 1110 g/mol. The molecule has 0 radical (unpaired) electrons. The fraction of sp³-hybridized carbons (Fsp3) is 0.718. The van der Waals surface area contributed by atoms with Gasteiger partial charge in [0.1, 0.15) is 19.8 Å². The van der Waals surface area contributed by atoms with Crippen LogP contribution in [0.4, 0.5) is 0 Å². The smallest absolute Gasteiger partial charge is 0.462 e. The first kappa shape index (κ1) is 84.4. The molecule has 0 aliphatic rings. The van der Waals surface area contributed by atoms with Gasteiger partial charge in [0.05, 0.1) is 27.7 Å². The second-order valence-corrected chi connectivity index (χ2v) is 26.7. The summed E-state index contributed by atoms with van der Waals surface area (Å²) in [4.78, 5) is 35.9. The first-order chi connectivity index (χ1) is 43.0. The number of allylic oxidation sites excluding steroid dienone is 20. The third-order valence-corrected chi connectivity index (χ3v) is 16.5. The van der Waals surface area contributed by atoms with E-state index in [0.717, 1.165) is 103 Å². The Hall–Kier alpha value is -3.59. The monoisotopic (exact) mass is 1250 g/mol. The highest BCUT2D eigenvalue weighted by atomic mass is 31.2. The van der Waals surface area contributed by atoms with Gasteiger partial charge in [0.25, 0.3) is 0 Å². The maximum atomic E-state index is 12.9. The lowest BCUT2D eigenvalue weighted by molar-refractivity contribution is -0.870. The van der Waals surface area contributed by atoms with Crippen LogP contribution < -0.4 is 0 Å². The standard InChI is InChI=1S/C78H136NO8P/c1-6-8-10-12-14-16-18-20-22-24-26-28-30-32-34-36-38-39-41-43-45-47-49-51-53-55-57-59-61-63-65-67-69-71-78(81)87-76(75-86-88(82,83)85-73-72-79(3,4)5)74-84-77(80)70-68-66-64-62-60-58-56-54-52-50-48-46-44-42-40-37-35-33-31-29-27-25-23-21-19-17-15-13-11-9-7-2/h8-11,14-17,20-23,26-29,32,34,38-39,76H,6-7,12-13,18-19,24-25,30-31,33,35-37,40-75H2,1-5H3/p+1/b10-8-,11-9-,16-14-,17-15-,22-20-,23-21-,28-26-,29-27-,34-32-,39-38-. The van der Waals surface area contributed by atoms with Crippen LogP contribution in [-0.4, -0.2) is 74.9 Å². The molecule has 0 saturated carbocycles. The van der Waals surface area contributed by atoms with E-state index in [1.807, 2.05) is 21.1 Å². The summed E-state index contributed by atoms with van der Waals surface area (Å²) in [6.45, 7) is 4.23. The van der Waals surface area contributed by atoms with Crippen LogP contribution in [0.2, 0.25) is 0 Å². The molecule has 0 amide bonds. The lowest BCUT2D eigenvalue weighted by Crippen LogP contribution is -2.37. The van der Waals surface area contributed by atoms with Crippen LogP contribution in [0.15, 0.2) is 122 Å². The SMILES string of the molecule is CC/C=C\C/C=C\C/C=C\C/C=C\C/C=C\C/C=C\CCCCCCCCCCCCCCCCC(=O)OC(COC(=O)CCCCCCCCCCCCCCCCCCCC/C=C\C/C=C\C/C=C\C/C=C\CC)COP(=O)(O)OCC[N+](C)(C)C. The first-order valence-electron chi connectivity index (χ1n) is 36.3. The molecule has 0 aromatic rings. The van der Waals surface area contributed by atoms with E-state index in [1.54, 1.807) is 0 Å². The Balaban J connectivity index is 4.03. The van der Waals surface area contributed by atoms with E-state index in [9.17, 15) is 19.0 Å². The largest absolute Gasteiger partial charge is 0.472 e. The summed E-state index contributed by atoms with van der Waals surface area (Å²) < 4.78 is 34.8. The number of esters is 2. The third-order valence-electron chi connectivity index (χ3n) is 15.5. The van der Waals surface area contributed by atoms with Crippen LogP contribution in [0.3, 0.4) is 0 Å². The summed E-state index contributed by atoms with van der Waals surface area (Å²) in [5.74, 6) is -0.791. The van der Waals surface area contributed by atoms with Crippen molar-refractivity contribution in [3.8, 4) is 0 Å². The average molecular weight is 1250 g/mol. The van der Waals surface area contributed by atoms with Crippen molar-refractivity contribution < 1.29 is 42.1 Å². The summed E-state index contributed by atoms with van der Waals surface area (Å²) in [6.07, 6.45) is 97.4. The van der Waals surface area contributed by atoms with Gasteiger partial charge in [0.2, 0.25) is 0 Å². The number of rotatable bonds is 66. The van der Waals surface area contributed by atoms with Gasteiger partial charge in [-0.25, -0.2) is 4.57 Å². The number of hydrogen-bond acceptors (Lipinski definition) is 7. The minimum Gasteiger partial charge on any atom is -0.462 e. The molecule has 1 N–H and O–H groups in total. The number of unbranched alkanes of at least 4 members (excludes halogenated alkanes) is 32. The van der Waals surface area contributed by atoms with Crippen molar-refractivity contribution in [2.75, 3.05) is 47.5 Å². The highest BCUT2D eigenvalue weighted by Gasteiger charge is 2.27. The summed E-state index contributed by atoms with van der Waals surface area (Å²) in [5, 5.41) is 0. The number of nitrogens with zero attached hydrogens (tertiary/aromatic N) is 1. The molecule has 0 aliphatic carbocycles. The van der Waals surface area contributed by atoms with Crippen LogP contribution in [-0.2, 0) is 32.7 Å². The third kappa shape index (κ3) is 71.5. The number of phosphoric acid groups is 1. The predicted octanol–water partition coefficient (Wildman–Crippen LogP) is 23.8. The van der Waals surface area contributed by atoms with Crippen LogP contribution in [0.25, 0.3) is 0 Å². The van der Waals surface area contributed by atoms with E-state index in [2.05, 4.69) is 135 Å². The Labute approximate surface area is 543 Å². The molecule has 10 heteroatoms. The van der Waals surface area contributed by atoms with E-state index in [4.69, 9.17) is 18.5 Å². The highest BCUT2D eigenvalue weighted by molar-refractivity contribution is 7.47. The van der Waals surface area contributed by atoms with Crippen molar-refractivity contribution in [2.24, 2.45) is 0 Å². The molecule has 0 bridgehead atoms. The van der Waals surface area contributed by atoms with Gasteiger partial charge >= 0.3 is 19.8 Å². The van der Waals surface area contributed by atoms with E-state index < -0.39 is 26.5 Å². The number of hydrogen-bond donors (Lipinski definition) is 1. The molecule has 88 heavy (non-hydrogen) atoms. The lowest BCUT2D eigenvalue weighted by atomic mass is 10.0. The molecule has 0 aromatic carbocycles. The van der Waals surface area contributed by atoms with Crippen LogP contribution in [0.1, 0.15) is 309 Å². The van der Waals surface area contributed by atoms with Gasteiger partial charge in [0, 0.05) is 12.8 Å². The fourth-order valence-corrected chi connectivity index (χ4v) is 10.8. The summed E-state index contributed by atoms with van der Waals surface area (Å²) >= 11 is 0. The van der Waals surface area contributed by atoms with Crippen molar-refractivity contribution >= 4 is 19.8 Å². The minimum atomic E-state index is -4.40. The number of carbonyl (C=O) groups excluding carboxylic acids is 2. The Morgan fingerprint density at radius 1 is 0.352 bits per heavy atom. The number of phosphoric ester groups is 1. The van der Waals surface area contributed by atoms with E-state index >= 15 is 0 Å². The molecule has 0 saturated heterocycles. The molecule has 9 nitrogen and oxygen atoms in total. The zero-order valence-electron chi connectivity index (χ0n) is 57.7. The number of ether oxygens (including phenoxy) is 2. The molecule has 0 fully saturated rings. The van der Waals surface area contributed by atoms with Gasteiger partial charge in [-0.05, 0) is 103 Å². The van der Waals surface area contributed by atoms with Crippen molar-refractivity contribution in [2.45, 2.75) is 315 Å². The summed E-state index contributed by atoms with van der Waals surface area (Å²) in [7, 11) is 1.48. The predicted molar refractivity (Wildman–Crippen MR) is 381 cm³/mol.